The molecule has 0 aliphatic heterocycles. The zero-order valence-corrected chi connectivity index (χ0v) is 10.1. The fourth-order valence-electron chi connectivity index (χ4n) is 1.53. The van der Waals surface area contributed by atoms with Crippen LogP contribution in [-0.4, -0.2) is 21.7 Å². The Bertz CT molecular complexity index is 481. The number of hydrogen-bond acceptors (Lipinski definition) is 5. The van der Waals surface area contributed by atoms with E-state index in [1.807, 2.05) is 13.0 Å². The van der Waals surface area contributed by atoms with Crippen LogP contribution in [0.5, 0.6) is 0 Å². The maximum absolute atomic E-state index is 5.18. The van der Waals surface area contributed by atoms with Crippen molar-refractivity contribution in [2.45, 2.75) is 26.8 Å². The van der Waals surface area contributed by atoms with Gasteiger partial charge >= 0.3 is 0 Å². The Labute approximate surface area is 100 Å². The number of nitrogens with zero attached hydrogens (tertiary/aromatic N) is 3. The van der Waals surface area contributed by atoms with Gasteiger partial charge in [0.05, 0.1) is 6.54 Å². The average Bonchev–Trinajstić information content (AvgIpc) is 2.79. The zero-order chi connectivity index (χ0) is 12.1. The first-order chi connectivity index (χ1) is 8.31. The number of nitrogens with one attached hydrogen (secondary N) is 1. The quantitative estimate of drug-likeness (QED) is 0.798. The first-order valence-electron chi connectivity index (χ1n) is 5.75. The van der Waals surface area contributed by atoms with Gasteiger partial charge in [-0.1, -0.05) is 12.1 Å². The Balaban J connectivity index is 2.10. The van der Waals surface area contributed by atoms with E-state index in [-0.39, 0.29) is 0 Å². The van der Waals surface area contributed by atoms with E-state index in [0.29, 0.717) is 18.3 Å². The lowest BCUT2D eigenvalue weighted by Gasteiger charge is -1.97. The lowest BCUT2D eigenvalue weighted by Crippen LogP contribution is -2.13. The van der Waals surface area contributed by atoms with Gasteiger partial charge in [0.15, 0.2) is 0 Å². The molecule has 0 saturated heterocycles. The number of hydrogen-bond donors (Lipinski definition) is 1. The standard InChI is InChI=1S/C12H16N4O/c1-3-5-13-8-11-15-12(16-17-11)10-4-6-14-7-9(10)2/h4,6-7,13H,3,5,8H2,1-2H3. The molecule has 0 atom stereocenters. The monoisotopic (exact) mass is 232 g/mol. The molecule has 90 valence electrons. The van der Waals surface area contributed by atoms with Crippen molar-refractivity contribution in [1.29, 1.82) is 0 Å². The highest BCUT2D eigenvalue weighted by Gasteiger charge is 2.09. The molecule has 2 rings (SSSR count). The zero-order valence-electron chi connectivity index (χ0n) is 10.1. The second-order valence-electron chi connectivity index (χ2n) is 3.88. The summed E-state index contributed by atoms with van der Waals surface area (Å²) in [4.78, 5) is 8.38. The molecular weight excluding hydrogens is 216 g/mol. The summed E-state index contributed by atoms with van der Waals surface area (Å²) >= 11 is 0. The molecule has 5 heteroatoms. The van der Waals surface area contributed by atoms with Gasteiger partial charge < -0.3 is 9.84 Å². The van der Waals surface area contributed by atoms with E-state index in [1.165, 1.54) is 0 Å². The van der Waals surface area contributed by atoms with Crippen LogP contribution < -0.4 is 5.32 Å². The Morgan fingerprint density at radius 3 is 3.06 bits per heavy atom. The van der Waals surface area contributed by atoms with Gasteiger partial charge in [0, 0.05) is 18.0 Å². The molecule has 0 spiro atoms. The molecule has 0 aliphatic rings. The van der Waals surface area contributed by atoms with E-state index in [9.17, 15) is 0 Å². The minimum Gasteiger partial charge on any atom is -0.338 e. The number of rotatable bonds is 5. The van der Waals surface area contributed by atoms with Crippen LogP contribution in [0.25, 0.3) is 11.4 Å². The molecule has 0 aliphatic carbocycles. The number of aryl methyl sites for hydroxylation is 1. The van der Waals surface area contributed by atoms with E-state index in [0.717, 1.165) is 24.1 Å². The van der Waals surface area contributed by atoms with Crippen molar-refractivity contribution < 1.29 is 4.52 Å². The molecule has 2 aromatic heterocycles. The van der Waals surface area contributed by atoms with Crippen molar-refractivity contribution in [3.8, 4) is 11.4 Å². The lowest BCUT2D eigenvalue weighted by atomic mass is 10.1. The molecule has 2 heterocycles. The predicted molar refractivity (Wildman–Crippen MR) is 64.3 cm³/mol. The van der Waals surface area contributed by atoms with Crippen molar-refractivity contribution >= 4 is 0 Å². The van der Waals surface area contributed by atoms with Crippen molar-refractivity contribution in [1.82, 2.24) is 20.4 Å². The van der Waals surface area contributed by atoms with Crippen LogP contribution in [0.15, 0.2) is 23.0 Å². The molecule has 17 heavy (non-hydrogen) atoms. The summed E-state index contributed by atoms with van der Waals surface area (Å²) in [6, 6.07) is 1.89. The largest absolute Gasteiger partial charge is 0.338 e. The summed E-state index contributed by atoms with van der Waals surface area (Å²) in [5, 5.41) is 7.19. The van der Waals surface area contributed by atoms with Gasteiger partial charge in [-0.05, 0) is 31.5 Å². The van der Waals surface area contributed by atoms with E-state index < -0.39 is 0 Å². The Morgan fingerprint density at radius 1 is 1.41 bits per heavy atom. The molecule has 0 amide bonds. The third kappa shape index (κ3) is 2.88. The third-order valence-electron chi connectivity index (χ3n) is 2.43. The van der Waals surface area contributed by atoms with E-state index >= 15 is 0 Å². The smallest absolute Gasteiger partial charge is 0.240 e. The second kappa shape index (κ2) is 5.54. The summed E-state index contributed by atoms with van der Waals surface area (Å²) in [6.07, 6.45) is 4.61. The average molecular weight is 232 g/mol. The Hall–Kier alpha value is -1.75. The summed E-state index contributed by atoms with van der Waals surface area (Å²) in [5.74, 6) is 1.24. The van der Waals surface area contributed by atoms with Crippen LogP contribution in [0.3, 0.4) is 0 Å². The van der Waals surface area contributed by atoms with Gasteiger partial charge in [0.1, 0.15) is 0 Å². The number of aromatic nitrogens is 3. The van der Waals surface area contributed by atoms with Gasteiger partial charge in [-0.2, -0.15) is 4.98 Å². The summed E-state index contributed by atoms with van der Waals surface area (Å²) < 4.78 is 5.18. The lowest BCUT2D eigenvalue weighted by molar-refractivity contribution is 0.368. The van der Waals surface area contributed by atoms with Crippen LogP contribution in [0, 0.1) is 6.92 Å². The maximum atomic E-state index is 5.18. The summed E-state index contributed by atoms with van der Waals surface area (Å²) in [5.41, 5.74) is 2.01. The first kappa shape index (κ1) is 11.7. The van der Waals surface area contributed by atoms with Crippen molar-refractivity contribution in [3.63, 3.8) is 0 Å². The first-order valence-corrected chi connectivity index (χ1v) is 5.75. The maximum Gasteiger partial charge on any atom is 0.240 e. The number of pyridine rings is 1. The fourth-order valence-corrected chi connectivity index (χ4v) is 1.53. The van der Waals surface area contributed by atoms with Gasteiger partial charge in [-0.3, -0.25) is 4.98 Å². The normalized spacial score (nSPS) is 10.7. The Morgan fingerprint density at radius 2 is 2.29 bits per heavy atom. The van der Waals surface area contributed by atoms with Gasteiger partial charge in [0.25, 0.3) is 0 Å². The minimum atomic E-state index is 0.615. The van der Waals surface area contributed by atoms with Crippen LogP contribution in [0.2, 0.25) is 0 Å². The van der Waals surface area contributed by atoms with Crippen LogP contribution >= 0.6 is 0 Å². The molecular formula is C12H16N4O. The summed E-state index contributed by atoms with van der Waals surface area (Å²) in [6.45, 7) is 5.66. The summed E-state index contributed by atoms with van der Waals surface area (Å²) in [7, 11) is 0. The molecule has 0 unspecified atom stereocenters. The molecule has 0 bridgehead atoms. The van der Waals surface area contributed by atoms with Gasteiger partial charge in [-0.15, -0.1) is 0 Å². The van der Waals surface area contributed by atoms with E-state index in [1.54, 1.807) is 12.4 Å². The molecule has 0 saturated carbocycles. The molecule has 1 N–H and O–H groups in total. The SMILES string of the molecule is CCCNCc1nc(-c2ccncc2C)no1. The molecule has 2 aromatic rings. The van der Waals surface area contributed by atoms with Gasteiger partial charge in [-0.25, -0.2) is 0 Å². The van der Waals surface area contributed by atoms with E-state index in [4.69, 9.17) is 4.52 Å². The van der Waals surface area contributed by atoms with Crippen molar-refractivity contribution in [2.24, 2.45) is 0 Å². The van der Waals surface area contributed by atoms with Crippen LogP contribution in [0.1, 0.15) is 24.8 Å². The van der Waals surface area contributed by atoms with E-state index in [2.05, 4.69) is 27.4 Å². The molecule has 5 nitrogen and oxygen atoms in total. The minimum absolute atomic E-state index is 0.615. The Kier molecular flexibility index (Phi) is 3.82. The third-order valence-corrected chi connectivity index (χ3v) is 2.43. The predicted octanol–water partition coefficient (Wildman–Crippen LogP) is 1.94. The molecule has 0 aromatic carbocycles. The topological polar surface area (TPSA) is 63.8 Å². The van der Waals surface area contributed by atoms with Gasteiger partial charge in [0.2, 0.25) is 11.7 Å². The molecule has 0 fully saturated rings. The molecule has 0 radical (unpaired) electrons. The fraction of sp³-hybridized carbons (Fsp3) is 0.417. The highest BCUT2D eigenvalue weighted by molar-refractivity contribution is 5.57. The second-order valence-corrected chi connectivity index (χ2v) is 3.88. The van der Waals surface area contributed by atoms with Crippen molar-refractivity contribution in [3.05, 3.63) is 29.9 Å². The highest BCUT2D eigenvalue weighted by Crippen LogP contribution is 2.18. The van der Waals surface area contributed by atoms with Crippen molar-refractivity contribution in [2.75, 3.05) is 6.54 Å². The van der Waals surface area contributed by atoms with Crippen LogP contribution in [-0.2, 0) is 6.54 Å². The van der Waals surface area contributed by atoms with Crippen LogP contribution in [0.4, 0.5) is 0 Å². The highest BCUT2D eigenvalue weighted by atomic mass is 16.5.